The Morgan fingerprint density at radius 2 is 1.84 bits per heavy atom. The van der Waals surface area contributed by atoms with Crippen molar-refractivity contribution in [2.45, 2.75) is 44.6 Å². The number of hydrogen-bond acceptors (Lipinski definition) is 5. The van der Waals surface area contributed by atoms with E-state index in [4.69, 9.17) is 4.52 Å². The molecule has 3 rings (SSSR count). The van der Waals surface area contributed by atoms with Crippen molar-refractivity contribution in [3.05, 3.63) is 41.3 Å². The minimum absolute atomic E-state index is 0.172. The number of aryl methyl sites for hydroxylation is 2. The van der Waals surface area contributed by atoms with E-state index in [1.807, 2.05) is 18.2 Å². The van der Waals surface area contributed by atoms with Gasteiger partial charge < -0.3 is 9.42 Å². The Hall–Kier alpha value is -1.86. The van der Waals surface area contributed by atoms with Crippen LogP contribution in [0.1, 0.15) is 36.3 Å². The van der Waals surface area contributed by atoms with Gasteiger partial charge in [0.1, 0.15) is 10.6 Å². The standard InChI is InChI=1S/C18H25N3O3S/c1-14-18(15(2)24-19-14)25(22,23)20(3)13-16-9-5-6-10-17(16)21-11-7-4-8-12-21/h5-6,9-10H,4,7-8,11-13H2,1-3H3. The molecule has 7 heteroatoms. The third-order valence-corrected chi connectivity index (χ3v) is 6.77. The Balaban J connectivity index is 1.87. The fourth-order valence-corrected chi connectivity index (χ4v) is 4.84. The van der Waals surface area contributed by atoms with Crippen LogP contribution in [-0.2, 0) is 16.6 Å². The summed E-state index contributed by atoms with van der Waals surface area (Å²) in [7, 11) is -2.04. The number of aromatic nitrogens is 1. The van der Waals surface area contributed by atoms with Crippen LogP contribution < -0.4 is 4.90 Å². The maximum absolute atomic E-state index is 12.9. The summed E-state index contributed by atoms with van der Waals surface area (Å²) in [5.74, 6) is 0.327. The molecule has 1 fully saturated rings. The summed E-state index contributed by atoms with van der Waals surface area (Å²) in [6, 6.07) is 8.05. The van der Waals surface area contributed by atoms with E-state index in [2.05, 4.69) is 16.1 Å². The number of anilines is 1. The SMILES string of the molecule is Cc1noc(C)c1S(=O)(=O)N(C)Cc1ccccc1N1CCCCC1. The lowest BCUT2D eigenvalue weighted by atomic mass is 10.1. The third-order valence-electron chi connectivity index (χ3n) is 4.72. The summed E-state index contributed by atoms with van der Waals surface area (Å²) in [6.45, 7) is 5.65. The van der Waals surface area contributed by atoms with Gasteiger partial charge in [-0.3, -0.25) is 0 Å². The number of nitrogens with zero attached hydrogens (tertiary/aromatic N) is 3. The van der Waals surface area contributed by atoms with Crippen LogP contribution in [0.5, 0.6) is 0 Å². The number of hydrogen-bond donors (Lipinski definition) is 0. The molecule has 0 saturated carbocycles. The van der Waals surface area contributed by atoms with Gasteiger partial charge in [0, 0.05) is 32.4 Å². The minimum Gasteiger partial charge on any atom is -0.371 e. The molecule has 0 amide bonds. The van der Waals surface area contributed by atoms with Crippen molar-refractivity contribution in [3.63, 3.8) is 0 Å². The maximum Gasteiger partial charge on any atom is 0.248 e. The molecule has 1 aliphatic rings. The van der Waals surface area contributed by atoms with E-state index in [1.165, 1.54) is 23.6 Å². The molecule has 0 bridgehead atoms. The molecule has 0 aliphatic carbocycles. The summed E-state index contributed by atoms with van der Waals surface area (Å²) >= 11 is 0. The number of benzene rings is 1. The molecule has 1 saturated heterocycles. The van der Waals surface area contributed by atoms with E-state index in [0.29, 0.717) is 18.0 Å². The van der Waals surface area contributed by atoms with Crippen LogP contribution in [0.2, 0.25) is 0 Å². The Labute approximate surface area is 149 Å². The van der Waals surface area contributed by atoms with Crippen molar-refractivity contribution in [3.8, 4) is 0 Å². The zero-order valence-corrected chi connectivity index (χ0v) is 15.8. The molecule has 136 valence electrons. The van der Waals surface area contributed by atoms with E-state index in [0.717, 1.165) is 24.3 Å². The van der Waals surface area contributed by atoms with Gasteiger partial charge in [0.25, 0.3) is 0 Å². The zero-order valence-electron chi connectivity index (χ0n) is 15.0. The minimum atomic E-state index is -3.64. The van der Waals surface area contributed by atoms with Gasteiger partial charge >= 0.3 is 0 Å². The topological polar surface area (TPSA) is 66.7 Å². The smallest absolute Gasteiger partial charge is 0.248 e. The normalized spacial score (nSPS) is 15.8. The molecule has 2 aromatic rings. The van der Waals surface area contributed by atoms with Crippen LogP contribution in [0.25, 0.3) is 0 Å². The highest BCUT2D eigenvalue weighted by atomic mass is 32.2. The van der Waals surface area contributed by atoms with Gasteiger partial charge in [-0.2, -0.15) is 4.31 Å². The van der Waals surface area contributed by atoms with E-state index in [1.54, 1.807) is 20.9 Å². The lowest BCUT2D eigenvalue weighted by Crippen LogP contribution is -2.32. The number of piperidine rings is 1. The molecule has 0 unspecified atom stereocenters. The van der Waals surface area contributed by atoms with Gasteiger partial charge in [-0.05, 0) is 44.7 Å². The monoisotopic (exact) mass is 363 g/mol. The molecular weight excluding hydrogens is 338 g/mol. The number of sulfonamides is 1. The van der Waals surface area contributed by atoms with Gasteiger partial charge in [-0.1, -0.05) is 23.4 Å². The summed E-state index contributed by atoms with van der Waals surface area (Å²) in [6.07, 6.45) is 3.63. The number of para-hydroxylation sites is 1. The highest BCUT2D eigenvalue weighted by Crippen LogP contribution is 2.28. The Morgan fingerprint density at radius 3 is 2.48 bits per heavy atom. The molecule has 1 aromatic carbocycles. The fraction of sp³-hybridized carbons (Fsp3) is 0.500. The van der Waals surface area contributed by atoms with Crippen LogP contribution in [0.15, 0.2) is 33.7 Å². The van der Waals surface area contributed by atoms with Crippen molar-refractivity contribution >= 4 is 15.7 Å². The first-order chi connectivity index (χ1) is 11.9. The average molecular weight is 363 g/mol. The molecular formula is C18H25N3O3S. The fourth-order valence-electron chi connectivity index (χ4n) is 3.41. The second-order valence-corrected chi connectivity index (χ2v) is 8.57. The van der Waals surface area contributed by atoms with Crippen molar-refractivity contribution in [1.82, 2.24) is 9.46 Å². The Kier molecular flexibility index (Phi) is 5.15. The van der Waals surface area contributed by atoms with Crippen molar-refractivity contribution in [2.24, 2.45) is 0 Å². The summed E-state index contributed by atoms with van der Waals surface area (Å²) in [5.41, 5.74) is 2.54. The lowest BCUT2D eigenvalue weighted by molar-refractivity contribution is 0.389. The van der Waals surface area contributed by atoms with E-state index in [-0.39, 0.29) is 4.90 Å². The molecule has 6 nitrogen and oxygen atoms in total. The first-order valence-corrected chi connectivity index (χ1v) is 10.1. The number of rotatable bonds is 5. The van der Waals surface area contributed by atoms with Crippen molar-refractivity contribution in [1.29, 1.82) is 0 Å². The summed E-state index contributed by atoms with van der Waals surface area (Å²) in [5, 5.41) is 3.77. The Morgan fingerprint density at radius 1 is 1.16 bits per heavy atom. The van der Waals surface area contributed by atoms with Gasteiger partial charge in [-0.25, -0.2) is 8.42 Å². The van der Waals surface area contributed by atoms with Crippen molar-refractivity contribution in [2.75, 3.05) is 25.0 Å². The third kappa shape index (κ3) is 3.57. The summed E-state index contributed by atoms with van der Waals surface area (Å²) in [4.78, 5) is 2.53. The predicted octanol–water partition coefficient (Wildman–Crippen LogP) is 3.10. The van der Waals surface area contributed by atoms with Gasteiger partial charge in [0.05, 0.1) is 0 Å². The molecule has 1 aromatic heterocycles. The molecule has 1 aliphatic heterocycles. The lowest BCUT2D eigenvalue weighted by Gasteiger charge is -2.31. The molecule has 0 radical (unpaired) electrons. The van der Waals surface area contributed by atoms with Crippen LogP contribution >= 0.6 is 0 Å². The quantitative estimate of drug-likeness (QED) is 0.817. The summed E-state index contributed by atoms with van der Waals surface area (Å²) < 4.78 is 32.3. The van der Waals surface area contributed by atoms with E-state index in [9.17, 15) is 8.42 Å². The van der Waals surface area contributed by atoms with Crippen LogP contribution in [0, 0.1) is 13.8 Å². The first-order valence-electron chi connectivity index (χ1n) is 8.63. The second-order valence-electron chi connectivity index (χ2n) is 6.59. The van der Waals surface area contributed by atoms with Crippen LogP contribution in [-0.4, -0.2) is 38.0 Å². The first kappa shape index (κ1) is 17.9. The largest absolute Gasteiger partial charge is 0.371 e. The van der Waals surface area contributed by atoms with Crippen molar-refractivity contribution < 1.29 is 12.9 Å². The van der Waals surface area contributed by atoms with E-state index < -0.39 is 10.0 Å². The Bertz CT molecular complexity index is 820. The molecule has 0 atom stereocenters. The average Bonchev–Trinajstić information content (AvgIpc) is 2.95. The molecule has 25 heavy (non-hydrogen) atoms. The molecule has 0 N–H and O–H groups in total. The predicted molar refractivity (Wildman–Crippen MR) is 97.1 cm³/mol. The second kappa shape index (κ2) is 7.17. The van der Waals surface area contributed by atoms with Gasteiger partial charge in [0.2, 0.25) is 10.0 Å². The maximum atomic E-state index is 12.9. The van der Waals surface area contributed by atoms with E-state index >= 15 is 0 Å². The molecule has 2 heterocycles. The van der Waals surface area contributed by atoms with Crippen LogP contribution in [0.4, 0.5) is 5.69 Å². The van der Waals surface area contributed by atoms with Gasteiger partial charge in [-0.15, -0.1) is 0 Å². The highest BCUT2D eigenvalue weighted by molar-refractivity contribution is 7.89. The van der Waals surface area contributed by atoms with Gasteiger partial charge in [0.15, 0.2) is 5.76 Å². The highest BCUT2D eigenvalue weighted by Gasteiger charge is 2.29. The van der Waals surface area contributed by atoms with Crippen LogP contribution in [0.3, 0.4) is 0 Å². The molecule has 0 spiro atoms. The zero-order chi connectivity index (χ0) is 18.0.